The molecule has 1 saturated heterocycles. The molecule has 0 spiro atoms. The van der Waals surface area contributed by atoms with Crippen LogP contribution in [0.25, 0.3) is 10.2 Å². The maximum absolute atomic E-state index is 13.3. The summed E-state index contributed by atoms with van der Waals surface area (Å²) < 4.78 is 45.7. The van der Waals surface area contributed by atoms with Crippen LogP contribution in [-0.4, -0.2) is 55.2 Å². The van der Waals surface area contributed by atoms with Crippen LogP contribution >= 0.6 is 23.7 Å². The summed E-state index contributed by atoms with van der Waals surface area (Å²) in [4.78, 5) is 21.6. The van der Waals surface area contributed by atoms with Crippen molar-refractivity contribution in [3.05, 3.63) is 59.7 Å². The summed E-state index contributed by atoms with van der Waals surface area (Å²) in [6, 6.07) is 12.1. The number of ether oxygens (including phenoxy) is 1. The van der Waals surface area contributed by atoms with E-state index in [-0.39, 0.29) is 18.0 Å². The molecule has 2 heterocycles. The summed E-state index contributed by atoms with van der Waals surface area (Å²) in [6.45, 7) is 4.19. The number of anilines is 1. The summed E-state index contributed by atoms with van der Waals surface area (Å²) in [5, 5.41) is 0.491. The van der Waals surface area contributed by atoms with Gasteiger partial charge in [0.2, 0.25) is 0 Å². The van der Waals surface area contributed by atoms with Crippen LogP contribution in [0.4, 0.5) is 18.3 Å². The van der Waals surface area contributed by atoms with Gasteiger partial charge >= 0.3 is 6.18 Å². The first kappa shape index (κ1) is 24.4. The molecule has 1 aromatic heterocycles. The van der Waals surface area contributed by atoms with Crippen molar-refractivity contribution in [1.82, 2.24) is 9.88 Å². The number of para-hydroxylation sites is 1. The van der Waals surface area contributed by atoms with Crippen LogP contribution in [0.3, 0.4) is 0 Å². The lowest BCUT2D eigenvalue weighted by molar-refractivity contribution is -0.137. The zero-order valence-corrected chi connectivity index (χ0v) is 18.8. The Hall–Kier alpha value is -2.20. The van der Waals surface area contributed by atoms with Crippen LogP contribution < -0.4 is 4.90 Å². The Morgan fingerprint density at radius 3 is 2.59 bits per heavy atom. The number of halogens is 4. The molecule has 10 heteroatoms. The molecule has 172 valence electrons. The highest BCUT2D eigenvalue weighted by Gasteiger charge is 2.31. The molecule has 4 rings (SSSR count). The van der Waals surface area contributed by atoms with Crippen molar-refractivity contribution in [2.75, 3.05) is 44.3 Å². The van der Waals surface area contributed by atoms with Crippen molar-refractivity contribution in [3.8, 4) is 0 Å². The Balaban J connectivity index is 0.00000289. The number of benzene rings is 2. The van der Waals surface area contributed by atoms with Crippen LogP contribution in [-0.2, 0) is 10.9 Å². The molecule has 0 bridgehead atoms. The normalized spacial score (nSPS) is 14.8. The van der Waals surface area contributed by atoms with Gasteiger partial charge < -0.3 is 4.74 Å². The monoisotopic (exact) mass is 485 g/mol. The number of nitrogens with zero attached hydrogens (tertiary/aromatic N) is 3. The summed E-state index contributed by atoms with van der Waals surface area (Å²) in [5.74, 6) is -0.480. The number of morpholine rings is 1. The topological polar surface area (TPSA) is 45.7 Å². The largest absolute Gasteiger partial charge is 0.416 e. The zero-order valence-electron chi connectivity index (χ0n) is 17.2. The van der Waals surface area contributed by atoms with Gasteiger partial charge in [0.15, 0.2) is 5.13 Å². The molecule has 0 radical (unpaired) electrons. The van der Waals surface area contributed by atoms with Gasteiger partial charge in [-0.15, -0.1) is 12.4 Å². The number of alkyl halides is 3. The number of carbonyl (C=O) groups excluding carboxylic acids is 1. The second kappa shape index (κ2) is 10.6. The summed E-state index contributed by atoms with van der Waals surface area (Å²) in [6.07, 6.45) is -3.83. The first-order valence-corrected chi connectivity index (χ1v) is 10.9. The predicted molar refractivity (Wildman–Crippen MR) is 122 cm³/mol. The molecule has 0 saturated carbocycles. The van der Waals surface area contributed by atoms with Gasteiger partial charge in [-0.3, -0.25) is 14.6 Å². The fourth-order valence-electron chi connectivity index (χ4n) is 3.52. The van der Waals surface area contributed by atoms with Gasteiger partial charge in [-0.25, -0.2) is 4.98 Å². The number of carbonyl (C=O) groups is 1. The number of thiazole rings is 1. The highest BCUT2D eigenvalue weighted by atomic mass is 35.5. The fraction of sp³-hybridized carbons (Fsp3) is 0.364. The van der Waals surface area contributed by atoms with E-state index in [2.05, 4.69) is 9.88 Å². The van der Waals surface area contributed by atoms with Gasteiger partial charge in [0.25, 0.3) is 5.91 Å². The third kappa shape index (κ3) is 5.78. The minimum atomic E-state index is -4.51. The van der Waals surface area contributed by atoms with E-state index in [0.29, 0.717) is 31.3 Å². The minimum Gasteiger partial charge on any atom is -0.379 e. The SMILES string of the molecule is Cl.O=C(c1cccc(C(F)(F)F)c1)N(CCCN1CCOCC1)c1nc2ccccc2s1. The highest BCUT2D eigenvalue weighted by Crippen LogP contribution is 2.32. The summed E-state index contributed by atoms with van der Waals surface area (Å²) in [7, 11) is 0. The molecule has 0 atom stereocenters. The van der Waals surface area contributed by atoms with Crippen molar-refractivity contribution in [3.63, 3.8) is 0 Å². The van der Waals surface area contributed by atoms with E-state index >= 15 is 0 Å². The maximum atomic E-state index is 13.3. The fourth-order valence-corrected chi connectivity index (χ4v) is 4.51. The van der Waals surface area contributed by atoms with Crippen molar-refractivity contribution < 1.29 is 22.7 Å². The van der Waals surface area contributed by atoms with Crippen molar-refractivity contribution in [2.24, 2.45) is 0 Å². The van der Waals surface area contributed by atoms with E-state index in [0.717, 1.165) is 42.0 Å². The number of amides is 1. The van der Waals surface area contributed by atoms with Crippen LogP contribution in [0.15, 0.2) is 48.5 Å². The molecule has 32 heavy (non-hydrogen) atoms. The third-order valence-corrected chi connectivity index (χ3v) is 6.21. The predicted octanol–water partition coefficient (Wildman–Crippen LogP) is 5.11. The number of rotatable bonds is 6. The molecular formula is C22H23ClF3N3O2S. The molecule has 2 aromatic carbocycles. The maximum Gasteiger partial charge on any atom is 0.416 e. The molecule has 3 aromatic rings. The van der Waals surface area contributed by atoms with Gasteiger partial charge in [0.1, 0.15) is 0 Å². The Labute approximate surface area is 194 Å². The van der Waals surface area contributed by atoms with Gasteiger partial charge in [-0.1, -0.05) is 29.5 Å². The highest BCUT2D eigenvalue weighted by molar-refractivity contribution is 7.22. The molecule has 1 aliphatic heterocycles. The lowest BCUT2D eigenvalue weighted by Crippen LogP contribution is -2.39. The summed E-state index contributed by atoms with van der Waals surface area (Å²) in [5.41, 5.74) is -0.0751. The van der Waals surface area contributed by atoms with Crippen molar-refractivity contribution in [1.29, 1.82) is 0 Å². The molecule has 0 aliphatic carbocycles. The number of fused-ring (bicyclic) bond motifs is 1. The van der Waals surface area contributed by atoms with E-state index in [9.17, 15) is 18.0 Å². The van der Waals surface area contributed by atoms with Gasteiger partial charge in [-0.2, -0.15) is 13.2 Å². The van der Waals surface area contributed by atoms with Crippen LogP contribution in [0.1, 0.15) is 22.3 Å². The van der Waals surface area contributed by atoms with Crippen molar-refractivity contribution >= 4 is 45.0 Å². The first-order valence-electron chi connectivity index (χ1n) is 10.1. The van der Waals surface area contributed by atoms with Crippen LogP contribution in [0, 0.1) is 0 Å². The van der Waals surface area contributed by atoms with Crippen LogP contribution in [0.5, 0.6) is 0 Å². The standard InChI is InChI=1S/C22H22F3N3O2S.ClH/c23-22(24,25)17-6-3-5-16(15-17)20(29)28(10-4-9-27-11-13-30-14-12-27)21-26-18-7-1-2-8-19(18)31-21;/h1-3,5-8,15H,4,9-14H2;1H. The van der Waals surface area contributed by atoms with Crippen molar-refractivity contribution in [2.45, 2.75) is 12.6 Å². The van der Waals surface area contributed by atoms with E-state index in [1.807, 2.05) is 24.3 Å². The minimum absolute atomic E-state index is 0. The van der Waals surface area contributed by atoms with Gasteiger partial charge in [0.05, 0.1) is 29.0 Å². The second-order valence-corrected chi connectivity index (χ2v) is 8.32. The van der Waals surface area contributed by atoms with Crippen LogP contribution in [0.2, 0.25) is 0 Å². The lowest BCUT2D eigenvalue weighted by atomic mass is 10.1. The molecule has 1 amide bonds. The Morgan fingerprint density at radius 2 is 1.88 bits per heavy atom. The van der Waals surface area contributed by atoms with Gasteiger partial charge in [0, 0.05) is 31.7 Å². The average molecular weight is 486 g/mol. The molecule has 5 nitrogen and oxygen atoms in total. The van der Waals surface area contributed by atoms with E-state index in [4.69, 9.17) is 4.74 Å². The molecule has 0 unspecified atom stereocenters. The third-order valence-electron chi connectivity index (χ3n) is 5.16. The second-order valence-electron chi connectivity index (χ2n) is 7.31. The molecule has 1 fully saturated rings. The Bertz CT molecular complexity index is 1020. The molecule has 0 N–H and O–H groups in total. The smallest absolute Gasteiger partial charge is 0.379 e. The quantitative estimate of drug-likeness (QED) is 0.487. The zero-order chi connectivity index (χ0) is 21.8. The summed E-state index contributed by atoms with van der Waals surface area (Å²) >= 11 is 1.36. The Kier molecular flexibility index (Phi) is 8.10. The van der Waals surface area contributed by atoms with E-state index < -0.39 is 17.6 Å². The van der Waals surface area contributed by atoms with E-state index in [1.165, 1.54) is 28.4 Å². The van der Waals surface area contributed by atoms with Gasteiger partial charge in [-0.05, 0) is 36.8 Å². The first-order chi connectivity index (χ1) is 14.9. The lowest BCUT2D eigenvalue weighted by Gasteiger charge is -2.27. The Morgan fingerprint density at radius 1 is 1.12 bits per heavy atom. The van der Waals surface area contributed by atoms with E-state index in [1.54, 1.807) is 0 Å². The number of hydrogen-bond donors (Lipinski definition) is 0. The number of hydrogen-bond acceptors (Lipinski definition) is 5. The number of aromatic nitrogens is 1. The average Bonchev–Trinajstić information content (AvgIpc) is 3.20. The molecular weight excluding hydrogens is 463 g/mol. The molecule has 1 aliphatic rings.